The Hall–Kier alpha value is -3.87. The van der Waals surface area contributed by atoms with Gasteiger partial charge in [-0.3, -0.25) is 4.98 Å². The maximum absolute atomic E-state index is 12.6. The van der Waals surface area contributed by atoms with Crippen LogP contribution in [0.5, 0.6) is 5.75 Å². The van der Waals surface area contributed by atoms with Gasteiger partial charge in [0, 0.05) is 24.9 Å². The highest BCUT2D eigenvalue weighted by Crippen LogP contribution is 2.21. The van der Waals surface area contributed by atoms with E-state index in [-0.39, 0.29) is 12.1 Å². The maximum Gasteiger partial charge on any atom is 0.315 e. The van der Waals surface area contributed by atoms with E-state index in [9.17, 15) is 4.79 Å². The molecular weight excluding hydrogens is 390 g/mol. The van der Waals surface area contributed by atoms with E-state index in [1.807, 2.05) is 66.7 Å². The summed E-state index contributed by atoms with van der Waals surface area (Å²) in [6.45, 7) is 0.498. The minimum absolute atomic E-state index is 0.241. The Morgan fingerprint density at radius 2 is 1.87 bits per heavy atom. The summed E-state index contributed by atoms with van der Waals surface area (Å²) < 4.78 is 5.24. The van der Waals surface area contributed by atoms with Crippen molar-refractivity contribution in [3.63, 3.8) is 0 Å². The van der Waals surface area contributed by atoms with Gasteiger partial charge in [-0.2, -0.15) is 0 Å². The monoisotopic (exact) mass is 415 g/mol. The molecule has 1 atom stereocenters. The predicted octanol–water partition coefficient (Wildman–Crippen LogP) is 3.79. The number of rotatable bonds is 8. The van der Waals surface area contributed by atoms with Gasteiger partial charge in [-0.05, 0) is 48.4 Å². The van der Waals surface area contributed by atoms with Crippen LogP contribution in [-0.2, 0) is 12.8 Å². The summed E-state index contributed by atoms with van der Waals surface area (Å²) in [7, 11) is 1.64. The first-order chi connectivity index (χ1) is 15.2. The molecule has 1 unspecified atom stereocenters. The van der Waals surface area contributed by atoms with Crippen LogP contribution in [0.25, 0.3) is 11.0 Å². The summed E-state index contributed by atoms with van der Waals surface area (Å²) in [4.78, 5) is 24.9. The Bertz CT molecular complexity index is 1090. The molecule has 2 amide bonds. The first-order valence-electron chi connectivity index (χ1n) is 10.2. The molecule has 2 aromatic carbocycles. The molecule has 0 aliphatic heterocycles. The lowest BCUT2D eigenvalue weighted by molar-refractivity contribution is 0.236. The van der Waals surface area contributed by atoms with Crippen molar-refractivity contribution in [2.24, 2.45) is 0 Å². The van der Waals surface area contributed by atoms with Gasteiger partial charge in [0.05, 0.1) is 24.2 Å². The molecule has 2 heterocycles. The average molecular weight is 415 g/mol. The van der Waals surface area contributed by atoms with Gasteiger partial charge < -0.3 is 20.4 Å². The van der Waals surface area contributed by atoms with Gasteiger partial charge in [0.15, 0.2) is 0 Å². The quantitative estimate of drug-likeness (QED) is 0.408. The number of nitrogens with one attached hydrogen (secondary N) is 3. The predicted molar refractivity (Wildman–Crippen MR) is 120 cm³/mol. The minimum Gasteiger partial charge on any atom is -0.497 e. The van der Waals surface area contributed by atoms with E-state index in [0.717, 1.165) is 33.9 Å². The summed E-state index contributed by atoms with van der Waals surface area (Å²) >= 11 is 0. The molecule has 158 valence electrons. The number of fused-ring (bicyclic) bond motifs is 1. The van der Waals surface area contributed by atoms with Crippen LogP contribution in [0.1, 0.15) is 23.1 Å². The number of aromatic nitrogens is 3. The number of hydrogen-bond donors (Lipinski definition) is 3. The number of ether oxygens (including phenoxy) is 1. The van der Waals surface area contributed by atoms with E-state index < -0.39 is 0 Å². The molecule has 0 aliphatic rings. The van der Waals surface area contributed by atoms with E-state index in [4.69, 9.17) is 9.72 Å². The standard InChI is InChI=1S/C24H25N5O2/c1-31-19-11-9-17(10-12-19)16-22(23-27-20-7-2-3-8-21(20)28-23)29-24(30)26-15-13-18-6-4-5-14-25-18/h2-12,14,22H,13,15-16H2,1H3,(H,27,28)(H2,26,29,30). The van der Waals surface area contributed by atoms with Crippen LogP contribution in [0.4, 0.5) is 4.79 Å². The van der Waals surface area contributed by atoms with Crippen molar-refractivity contribution in [1.82, 2.24) is 25.6 Å². The zero-order valence-corrected chi connectivity index (χ0v) is 17.3. The molecule has 0 saturated heterocycles. The van der Waals surface area contributed by atoms with Gasteiger partial charge >= 0.3 is 6.03 Å². The summed E-state index contributed by atoms with van der Waals surface area (Å²) in [5.41, 5.74) is 3.82. The Kier molecular flexibility index (Phi) is 6.42. The Labute approximate surface area is 180 Å². The van der Waals surface area contributed by atoms with Crippen molar-refractivity contribution in [2.45, 2.75) is 18.9 Å². The molecule has 31 heavy (non-hydrogen) atoms. The second-order valence-electron chi connectivity index (χ2n) is 7.22. The van der Waals surface area contributed by atoms with Crippen LogP contribution < -0.4 is 15.4 Å². The third kappa shape index (κ3) is 5.39. The number of hydrogen-bond acceptors (Lipinski definition) is 4. The first-order valence-corrected chi connectivity index (χ1v) is 10.2. The molecule has 0 bridgehead atoms. The van der Waals surface area contributed by atoms with Crippen LogP contribution in [0.2, 0.25) is 0 Å². The number of imidazole rings is 1. The highest BCUT2D eigenvalue weighted by molar-refractivity contribution is 5.76. The number of aromatic amines is 1. The number of carbonyl (C=O) groups excluding carboxylic acids is 1. The second kappa shape index (κ2) is 9.75. The average Bonchev–Trinajstić information content (AvgIpc) is 3.24. The lowest BCUT2D eigenvalue weighted by atomic mass is 10.1. The molecule has 0 fully saturated rings. The van der Waals surface area contributed by atoms with Gasteiger partial charge in [-0.25, -0.2) is 9.78 Å². The van der Waals surface area contributed by atoms with Gasteiger partial charge in [0.2, 0.25) is 0 Å². The van der Waals surface area contributed by atoms with E-state index >= 15 is 0 Å². The van der Waals surface area contributed by atoms with Crippen molar-refractivity contribution in [3.05, 3.63) is 90.0 Å². The topological polar surface area (TPSA) is 91.9 Å². The number of pyridine rings is 1. The molecule has 0 aliphatic carbocycles. The van der Waals surface area contributed by atoms with Crippen LogP contribution in [0, 0.1) is 0 Å². The van der Waals surface area contributed by atoms with Gasteiger partial charge in [-0.15, -0.1) is 0 Å². The van der Waals surface area contributed by atoms with E-state index in [0.29, 0.717) is 19.4 Å². The van der Waals surface area contributed by atoms with Crippen LogP contribution >= 0.6 is 0 Å². The fourth-order valence-electron chi connectivity index (χ4n) is 3.41. The molecule has 3 N–H and O–H groups in total. The van der Waals surface area contributed by atoms with Crippen molar-refractivity contribution in [3.8, 4) is 5.75 Å². The molecule has 7 heteroatoms. The van der Waals surface area contributed by atoms with Crippen molar-refractivity contribution in [1.29, 1.82) is 0 Å². The lowest BCUT2D eigenvalue weighted by Gasteiger charge is -2.18. The second-order valence-corrected chi connectivity index (χ2v) is 7.22. The summed E-state index contributed by atoms with van der Waals surface area (Å²) in [6.07, 6.45) is 3.02. The largest absolute Gasteiger partial charge is 0.497 e. The number of methoxy groups -OCH3 is 1. The van der Waals surface area contributed by atoms with E-state index in [2.05, 4.69) is 20.6 Å². The molecule has 0 spiro atoms. The Morgan fingerprint density at radius 3 is 2.61 bits per heavy atom. The van der Waals surface area contributed by atoms with Crippen molar-refractivity contribution >= 4 is 17.1 Å². The normalized spacial score (nSPS) is 11.8. The number of benzene rings is 2. The zero-order valence-electron chi connectivity index (χ0n) is 17.3. The highest BCUT2D eigenvalue weighted by atomic mass is 16.5. The fourth-order valence-corrected chi connectivity index (χ4v) is 3.41. The zero-order chi connectivity index (χ0) is 21.5. The molecule has 2 aromatic heterocycles. The number of amides is 2. The fraction of sp³-hybridized carbons (Fsp3) is 0.208. The number of nitrogens with zero attached hydrogens (tertiary/aromatic N) is 2. The van der Waals surface area contributed by atoms with Crippen LogP contribution in [0.3, 0.4) is 0 Å². The first kappa shape index (κ1) is 20.4. The van der Waals surface area contributed by atoms with Crippen LogP contribution in [0.15, 0.2) is 72.9 Å². The van der Waals surface area contributed by atoms with Gasteiger partial charge in [-0.1, -0.05) is 30.3 Å². The third-order valence-corrected chi connectivity index (χ3v) is 5.03. The number of carbonyl (C=O) groups is 1. The number of urea groups is 1. The van der Waals surface area contributed by atoms with E-state index in [1.54, 1.807) is 13.3 Å². The molecule has 0 radical (unpaired) electrons. The van der Waals surface area contributed by atoms with Gasteiger partial charge in [0.1, 0.15) is 11.6 Å². The summed E-state index contributed by atoms with van der Waals surface area (Å²) in [6, 6.07) is 20.9. The molecule has 7 nitrogen and oxygen atoms in total. The lowest BCUT2D eigenvalue weighted by Crippen LogP contribution is -2.40. The Balaban J connectivity index is 1.46. The van der Waals surface area contributed by atoms with Crippen molar-refractivity contribution in [2.75, 3.05) is 13.7 Å². The Morgan fingerprint density at radius 1 is 1.06 bits per heavy atom. The van der Waals surface area contributed by atoms with Crippen LogP contribution in [-0.4, -0.2) is 34.6 Å². The minimum atomic E-state index is -0.310. The highest BCUT2D eigenvalue weighted by Gasteiger charge is 2.19. The van der Waals surface area contributed by atoms with E-state index in [1.165, 1.54) is 0 Å². The van der Waals surface area contributed by atoms with Gasteiger partial charge in [0.25, 0.3) is 0 Å². The maximum atomic E-state index is 12.6. The van der Waals surface area contributed by atoms with Crippen molar-refractivity contribution < 1.29 is 9.53 Å². The summed E-state index contributed by atoms with van der Waals surface area (Å²) in [5, 5.41) is 5.98. The SMILES string of the molecule is COc1ccc(CC(NC(=O)NCCc2ccccn2)c2nc3ccccc3[nH]2)cc1. The molecule has 0 saturated carbocycles. The molecular formula is C24H25N5O2. The third-order valence-electron chi connectivity index (χ3n) is 5.03. The number of para-hydroxylation sites is 2. The smallest absolute Gasteiger partial charge is 0.315 e. The molecule has 4 rings (SSSR count). The number of H-pyrrole nitrogens is 1. The summed E-state index contributed by atoms with van der Waals surface area (Å²) in [5.74, 6) is 1.51. The molecule has 4 aromatic rings.